The van der Waals surface area contributed by atoms with Crippen molar-refractivity contribution >= 4 is 0 Å². The molecule has 5 nitrogen and oxygen atoms in total. The molecule has 0 heterocycles. The Morgan fingerprint density at radius 2 is 1.56 bits per heavy atom. The lowest BCUT2D eigenvalue weighted by atomic mass is 9.43. The summed E-state index contributed by atoms with van der Waals surface area (Å²) < 4.78 is 0. The van der Waals surface area contributed by atoms with Gasteiger partial charge in [0.05, 0.1) is 30.5 Å². The van der Waals surface area contributed by atoms with Gasteiger partial charge >= 0.3 is 0 Å². The predicted molar refractivity (Wildman–Crippen MR) is 125 cm³/mol. The Kier molecular flexibility index (Phi) is 6.84. The monoisotopic (exact) mass is 452 g/mol. The smallest absolute Gasteiger partial charge is 0.0849 e. The van der Waals surface area contributed by atoms with Gasteiger partial charge < -0.3 is 25.5 Å². The Morgan fingerprint density at radius 3 is 2.25 bits per heavy atom. The lowest BCUT2D eigenvalue weighted by Crippen LogP contribution is -2.64. The Labute approximate surface area is 194 Å². The van der Waals surface area contributed by atoms with E-state index in [1.165, 1.54) is 12.8 Å². The minimum atomic E-state index is -0.984. The van der Waals surface area contributed by atoms with Crippen molar-refractivity contribution in [3.05, 3.63) is 0 Å². The van der Waals surface area contributed by atoms with Crippen molar-refractivity contribution in [2.45, 2.75) is 116 Å². The van der Waals surface area contributed by atoms with Crippen molar-refractivity contribution < 1.29 is 25.5 Å². The second-order valence-electron chi connectivity index (χ2n) is 13.1. The fourth-order valence-electron chi connectivity index (χ4n) is 9.30. The van der Waals surface area contributed by atoms with Crippen LogP contribution in [0, 0.1) is 46.3 Å². The third-order valence-electron chi connectivity index (χ3n) is 11.2. The molecule has 4 rings (SSSR count). The van der Waals surface area contributed by atoms with E-state index in [-0.39, 0.29) is 35.4 Å². The molecule has 5 heteroatoms. The van der Waals surface area contributed by atoms with Crippen LogP contribution < -0.4 is 0 Å². The highest BCUT2D eigenvalue weighted by atomic mass is 16.3. The van der Waals surface area contributed by atoms with E-state index in [0.29, 0.717) is 36.5 Å². The van der Waals surface area contributed by atoms with E-state index in [0.717, 1.165) is 38.5 Å². The Bertz CT molecular complexity index is 666. The van der Waals surface area contributed by atoms with E-state index < -0.39 is 17.8 Å². The van der Waals surface area contributed by atoms with Gasteiger partial charge in [-0.15, -0.1) is 0 Å². The van der Waals surface area contributed by atoms with Crippen molar-refractivity contribution in [1.82, 2.24) is 0 Å². The molecule has 12 atom stereocenters. The predicted octanol–water partition coefficient (Wildman–Crippen LogP) is 3.50. The summed E-state index contributed by atoms with van der Waals surface area (Å²) in [5, 5.41) is 52.3. The lowest BCUT2D eigenvalue weighted by Gasteiger charge is -2.63. The van der Waals surface area contributed by atoms with E-state index in [9.17, 15) is 25.5 Å². The molecule has 0 bridgehead atoms. The zero-order valence-electron chi connectivity index (χ0n) is 20.7. The number of aliphatic hydroxyl groups is 5. The number of fused-ring (bicyclic) bond motifs is 5. The van der Waals surface area contributed by atoms with Crippen molar-refractivity contribution in [1.29, 1.82) is 0 Å². The maximum atomic E-state index is 11.4. The number of hydrogen-bond acceptors (Lipinski definition) is 5. The van der Waals surface area contributed by atoms with Gasteiger partial charge in [-0.3, -0.25) is 0 Å². The van der Waals surface area contributed by atoms with Gasteiger partial charge in [-0.25, -0.2) is 0 Å². The van der Waals surface area contributed by atoms with Crippen LogP contribution >= 0.6 is 0 Å². The Morgan fingerprint density at radius 1 is 0.906 bits per heavy atom. The summed E-state index contributed by atoms with van der Waals surface area (Å²) in [6.45, 7) is 8.65. The van der Waals surface area contributed by atoms with Crippen LogP contribution in [0.3, 0.4) is 0 Å². The second-order valence-corrected chi connectivity index (χ2v) is 13.1. The average Bonchev–Trinajstić information content (AvgIpc) is 3.10. The van der Waals surface area contributed by atoms with E-state index in [4.69, 9.17) is 0 Å². The van der Waals surface area contributed by atoms with Crippen LogP contribution in [0.2, 0.25) is 0 Å². The highest BCUT2D eigenvalue weighted by molar-refractivity contribution is 5.14. The minimum Gasteiger partial charge on any atom is -0.393 e. The number of hydrogen-bond donors (Lipinski definition) is 5. The second kappa shape index (κ2) is 8.78. The quantitative estimate of drug-likeness (QED) is 0.425. The van der Waals surface area contributed by atoms with Gasteiger partial charge in [0.25, 0.3) is 0 Å². The molecule has 4 fully saturated rings. The Hall–Kier alpha value is -0.200. The van der Waals surface area contributed by atoms with Gasteiger partial charge in [0, 0.05) is 0 Å². The third kappa shape index (κ3) is 3.98. The van der Waals surface area contributed by atoms with Gasteiger partial charge in [0.1, 0.15) is 0 Å². The SMILES string of the molecule is C[C@H](CCCC(C)(O)CO)[C@H]1CC[C@H]2C3C(O)C(O)[C@@H]4C[C@H](O)CC[C@]4(C)[C@H]3CC[C@]12C. The molecule has 0 amide bonds. The molecule has 0 aliphatic heterocycles. The van der Waals surface area contributed by atoms with Gasteiger partial charge in [-0.05, 0) is 105 Å². The molecule has 0 saturated heterocycles. The van der Waals surface area contributed by atoms with Crippen LogP contribution in [-0.2, 0) is 0 Å². The summed E-state index contributed by atoms with van der Waals surface area (Å²) in [7, 11) is 0. The van der Waals surface area contributed by atoms with Crippen LogP contribution in [0.4, 0.5) is 0 Å². The third-order valence-corrected chi connectivity index (χ3v) is 11.2. The fourth-order valence-corrected chi connectivity index (χ4v) is 9.30. The van der Waals surface area contributed by atoms with Crippen LogP contribution in [0.25, 0.3) is 0 Å². The number of rotatable bonds is 6. The first-order valence-electron chi connectivity index (χ1n) is 13.3. The Balaban J connectivity index is 1.50. The molecule has 0 aromatic heterocycles. The van der Waals surface area contributed by atoms with Gasteiger partial charge in [-0.1, -0.05) is 33.6 Å². The summed E-state index contributed by atoms with van der Waals surface area (Å²) in [4.78, 5) is 0. The molecule has 0 spiro atoms. The highest BCUT2D eigenvalue weighted by Gasteiger charge is 2.65. The average molecular weight is 453 g/mol. The van der Waals surface area contributed by atoms with Gasteiger partial charge in [0.2, 0.25) is 0 Å². The van der Waals surface area contributed by atoms with Gasteiger partial charge in [0.15, 0.2) is 0 Å². The van der Waals surface area contributed by atoms with Crippen LogP contribution in [0.1, 0.15) is 91.9 Å². The van der Waals surface area contributed by atoms with Crippen LogP contribution in [0.15, 0.2) is 0 Å². The van der Waals surface area contributed by atoms with Crippen LogP contribution in [-0.4, -0.2) is 56.1 Å². The van der Waals surface area contributed by atoms with Crippen molar-refractivity contribution in [3.63, 3.8) is 0 Å². The molecule has 32 heavy (non-hydrogen) atoms. The summed E-state index contributed by atoms with van der Waals surface area (Å²) in [6.07, 6.45) is 7.87. The fraction of sp³-hybridized carbons (Fsp3) is 1.00. The first-order valence-corrected chi connectivity index (χ1v) is 13.3. The molecule has 0 aromatic rings. The molecule has 5 N–H and O–H groups in total. The zero-order chi connectivity index (χ0) is 23.5. The molecule has 4 saturated carbocycles. The maximum Gasteiger partial charge on any atom is 0.0849 e. The molecule has 4 aliphatic rings. The van der Waals surface area contributed by atoms with E-state index in [2.05, 4.69) is 20.8 Å². The first-order chi connectivity index (χ1) is 14.9. The molecule has 4 aliphatic carbocycles. The molecule has 0 radical (unpaired) electrons. The van der Waals surface area contributed by atoms with E-state index >= 15 is 0 Å². The normalized spacial score (nSPS) is 51.3. The lowest BCUT2D eigenvalue weighted by molar-refractivity contribution is -0.223. The minimum absolute atomic E-state index is 0.00213. The standard InChI is InChI=1S/C27H48O5/c1-16(6-5-11-25(2,32)15-28)18-7-8-19-22-20(10-13-26(18,19)3)27(4)12-9-17(29)14-21(27)23(30)24(22)31/h16-24,28-32H,5-15H2,1-4H3/t16-,17-,18-,19+,20+,21+,22?,23?,24?,25?,26-,27-/m1/s1. The van der Waals surface area contributed by atoms with Gasteiger partial charge in [-0.2, -0.15) is 0 Å². The first kappa shape index (κ1) is 24.9. The highest BCUT2D eigenvalue weighted by Crippen LogP contribution is 2.68. The van der Waals surface area contributed by atoms with E-state index in [1.54, 1.807) is 6.92 Å². The number of aliphatic hydroxyl groups excluding tert-OH is 4. The molecular weight excluding hydrogens is 404 g/mol. The van der Waals surface area contributed by atoms with Crippen LogP contribution in [0.5, 0.6) is 0 Å². The zero-order valence-corrected chi connectivity index (χ0v) is 20.7. The summed E-state index contributed by atoms with van der Waals surface area (Å²) in [5.74, 6) is 2.20. The topological polar surface area (TPSA) is 101 Å². The summed E-state index contributed by atoms with van der Waals surface area (Å²) in [5.41, 5.74) is -0.774. The summed E-state index contributed by atoms with van der Waals surface area (Å²) in [6, 6.07) is 0. The molecule has 186 valence electrons. The largest absolute Gasteiger partial charge is 0.393 e. The van der Waals surface area contributed by atoms with Crippen molar-refractivity contribution in [2.24, 2.45) is 46.3 Å². The van der Waals surface area contributed by atoms with E-state index in [1.807, 2.05) is 0 Å². The molecule has 0 aromatic carbocycles. The maximum absolute atomic E-state index is 11.4. The summed E-state index contributed by atoms with van der Waals surface area (Å²) >= 11 is 0. The van der Waals surface area contributed by atoms with Crippen molar-refractivity contribution in [3.8, 4) is 0 Å². The molecule has 4 unspecified atom stereocenters. The molecular formula is C27H48O5. The van der Waals surface area contributed by atoms with Crippen molar-refractivity contribution in [2.75, 3.05) is 6.61 Å².